The molecule has 2 amide bonds. The standard InChI is InChI=1S/C10H16F3N3O2/c11-10(12,13)9(18)16-4-2-1-3-7(16)6-15-8(17)5-14/h7H,1-6,14H2,(H,15,17). The zero-order valence-corrected chi connectivity index (χ0v) is 9.79. The van der Waals surface area contributed by atoms with E-state index in [1.807, 2.05) is 0 Å². The van der Waals surface area contributed by atoms with E-state index in [9.17, 15) is 22.8 Å². The van der Waals surface area contributed by atoms with Crippen molar-refractivity contribution in [1.82, 2.24) is 10.2 Å². The molecule has 18 heavy (non-hydrogen) atoms. The lowest BCUT2D eigenvalue weighted by atomic mass is 10.0. The highest BCUT2D eigenvalue weighted by Gasteiger charge is 2.45. The Kier molecular flexibility index (Phi) is 4.94. The third kappa shape index (κ3) is 3.86. The number of piperidine rings is 1. The van der Waals surface area contributed by atoms with Crippen molar-refractivity contribution in [2.45, 2.75) is 31.5 Å². The average molecular weight is 267 g/mol. The molecule has 1 heterocycles. The summed E-state index contributed by atoms with van der Waals surface area (Å²) in [5.74, 6) is -2.28. The first-order valence-corrected chi connectivity index (χ1v) is 5.71. The van der Waals surface area contributed by atoms with Crippen molar-refractivity contribution in [3.8, 4) is 0 Å². The quantitative estimate of drug-likeness (QED) is 0.756. The third-order valence-corrected chi connectivity index (χ3v) is 2.85. The smallest absolute Gasteiger partial charge is 0.353 e. The van der Waals surface area contributed by atoms with Gasteiger partial charge in [-0.1, -0.05) is 0 Å². The van der Waals surface area contributed by atoms with E-state index in [1.165, 1.54) is 0 Å². The highest BCUT2D eigenvalue weighted by Crippen LogP contribution is 2.24. The van der Waals surface area contributed by atoms with Crippen molar-refractivity contribution in [2.75, 3.05) is 19.6 Å². The Morgan fingerprint density at radius 3 is 2.56 bits per heavy atom. The van der Waals surface area contributed by atoms with Gasteiger partial charge in [0.1, 0.15) is 0 Å². The molecule has 8 heteroatoms. The Morgan fingerprint density at radius 2 is 2.00 bits per heavy atom. The van der Waals surface area contributed by atoms with Crippen molar-refractivity contribution in [1.29, 1.82) is 0 Å². The molecule has 5 nitrogen and oxygen atoms in total. The third-order valence-electron chi connectivity index (χ3n) is 2.85. The molecular weight excluding hydrogens is 251 g/mol. The molecular formula is C10H16F3N3O2. The maximum atomic E-state index is 12.4. The SMILES string of the molecule is NCC(=O)NCC1CCCCN1C(=O)C(F)(F)F. The molecule has 1 aliphatic heterocycles. The molecule has 104 valence electrons. The van der Waals surface area contributed by atoms with Crippen LogP contribution in [0.4, 0.5) is 13.2 Å². The normalized spacial score (nSPS) is 20.7. The van der Waals surface area contributed by atoms with E-state index < -0.39 is 24.0 Å². The van der Waals surface area contributed by atoms with Gasteiger partial charge in [-0.05, 0) is 19.3 Å². The van der Waals surface area contributed by atoms with Gasteiger partial charge in [0.05, 0.1) is 6.54 Å². The summed E-state index contributed by atoms with van der Waals surface area (Å²) in [6, 6.07) is -0.608. The first-order valence-electron chi connectivity index (χ1n) is 5.71. The highest BCUT2D eigenvalue weighted by atomic mass is 19.4. The summed E-state index contributed by atoms with van der Waals surface area (Å²) in [4.78, 5) is 23.0. The summed E-state index contributed by atoms with van der Waals surface area (Å²) in [6.07, 6.45) is -3.13. The van der Waals surface area contributed by atoms with E-state index in [-0.39, 0.29) is 19.6 Å². The van der Waals surface area contributed by atoms with Gasteiger partial charge in [-0.3, -0.25) is 9.59 Å². The highest BCUT2D eigenvalue weighted by molar-refractivity contribution is 5.82. The fraction of sp³-hybridized carbons (Fsp3) is 0.800. The Bertz CT molecular complexity index is 320. The van der Waals surface area contributed by atoms with Gasteiger partial charge in [-0.15, -0.1) is 0 Å². The number of likely N-dealkylation sites (tertiary alicyclic amines) is 1. The van der Waals surface area contributed by atoms with Crippen molar-refractivity contribution in [2.24, 2.45) is 5.73 Å². The van der Waals surface area contributed by atoms with Crippen molar-refractivity contribution >= 4 is 11.8 Å². The molecule has 0 aromatic carbocycles. The second-order valence-electron chi connectivity index (χ2n) is 4.15. The van der Waals surface area contributed by atoms with E-state index in [1.54, 1.807) is 0 Å². The Labute approximate surface area is 102 Å². The number of halogens is 3. The zero-order valence-electron chi connectivity index (χ0n) is 9.79. The van der Waals surface area contributed by atoms with Crippen LogP contribution < -0.4 is 11.1 Å². The summed E-state index contributed by atoms with van der Waals surface area (Å²) in [5, 5.41) is 2.41. The lowest BCUT2D eigenvalue weighted by Gasteiger charge is -2.36. The molecule has 1 aliphatic rings. The number of rotatable bonds is 3. The Balaban J connectivity index is 2.62. The molecule has 1 fully saturated rings. The minimum atomic E-state index is -4.87. The largest absolute Gasteiger partial charge is 0.471 e. The van der Waals surface area contributed by atoms with E-state index in [0.29, 0.717) is 12.8 Å². The lowest BCUT2D eigenvalue weighted by molar-refractivity contribution is -0.189. The number of carbonyl (C=O) groups is 2. The molecule has 0 aromatic rings. The zero-order chi connectivity index (χ0) is 13.8. The van der Waals surface area contributed by atoms with Crippen LogP contribution in [-0.2, 0) is 9.59 Å². The van der Waals surface area contributed by atoms with Gasteiger partial charge < -0.3 is 16.0 Å². The van der Waals surface area contributed by atoms with Crippen LogP contribution >= 0.6 is 0 Å². The number of nitrogens with two attached hydrogens (primary N) is 1. The van der Waals surface area contributed by atoms with Crippen LogP contribution in [0.15, 0.2) is 0 Å². The minimum Gasteiger partial charge on any atom is -0.353 e. The number of hydrogen-bond acceptors (Lipinski definition) is 3. The van der Waals surface area contributed by atoms with Gasteiger partial charge in [0.25, 0.3) is 0 Å². The van der Waals surface area contributed by atoms with Crippen molar-refractivity contribution in [3.05, 3.63) is 0 Å². The van der Waals surface area contributed by atoms with Crippen LogP contribution in [0.5, 0.6) is 0 Å². The molecule has 0 radical (unpaired) electrons. The maximum absolute atomic E-state index is 12.4. The molecule has 0 aliphatic carbocycles. The van der Waals surface area contributed by atoms with Crippen molar-refractivity contribution in [3.63, 3.8) is 0 Å². The van der Waals surface area contributed by atoms with Gasteiger partial charge >= 0.3 is 12.1 Å². The first kappa shape index (κ1) is 14.7. The second-order valence-corrected chi connectivity index (χ2v) is 4.15. The van der Waals surface area contributed by atoms with Crippen molar-refractivity contribution < 1.29 is 22.8 Å². The van der Waals surface area contributed by atoms with Crippen LogP contribution in [0, 0.1) is 0 Å². The molecule has 1 saturated heterocycles. The molecule has 1 unspecified atom stereocenters. The van der Waals surface area contributed by atoms with E-state index >= 15 is 0 Å². The summed E-state index contributed by atoms with van der Waals surface area (Å²) >= 11 is 0. The molecule has 0 bridgehead atoms. The van der Waals surface area contributed by atoms with Crippen LogP contribution in [0.25, 0.3) is 0 Å². The van der Waals surface area contributed by atoms with Gasteiger partial charge in [-0.25, -0.2) is 0 Å². The van der Waals surface area contributed by atoms with Gasteiger partial charge in [0.15, 0.2) is 0 Å². The molecule has 0 saturated carbocycles. The Morgan fingerprint density at radius 1 is 1.33 bits per heavy atom. The number of nitrogens with one attached hydrogen (secondary N) is 1. The van der Waals surface area contributed by atoms with E-state index in [0.717, 1.165) is 11.3 Å². The maximum Gasteiger partial charge on any atom is 0.471 e. The van der Waals surface area contributed by atoms with E-state index in [2.05, 4.69) is 5.32 Å². The number of carbonyl (C=O) groups excluding carboxylic acids is 2. The number of amides is 2. The summed E-state index contributed by atoms with van der Waals surface area (Å²) in [5.41, 5.74) is 5.08. The van der Waals surface area contributed by atoms with Crippen LogP contribution in [0.1, 0.15) is 19.3 Å². The van der Waals surface area contributed by atoms with Gasteiger partial charge in [0.2, 0.25) is 5.91 Å². The average Bonchev–Trinajstić information content (AvgIpc) is 2.34. The fourth-order valence-corrected chi connectivity index (χ4v) is 1.95. The number of hydrogen-bond donors (Lipinski definition) is 2. The molecule has 0 aromatic heterocycles. The van der Waals surface area contributed by atoms with Gasteiger partial charge in [-0.2, -0.15) is 13.2 Å². The fourth-order valence-electron chi connectivity index (χ4n) is 1.95. The first-order chi connectivity index (χ1) is 8.36. The monoisotopic (exact) mass is 267 g/mol. The number of alkyl halides is 3. The van der Waals surface area contributed by atoms with Crippen LogP contribution in [-0.4, -0.2) is 48.6 Å². The van der Waals surface area contributed by atoms with E-state index in [4.69, 9.17) is 5.73 Å². The topological polar surface area (TPSA) is 75.4 Å². The second kappa shape index (κ2) is 6.03. The minimum absolute atomic E-state index is 0.0118. The van der Waals surface area contributed by atoms with Gasteiger partial charge in [0, 0.05) is 19.1 Å². The molecule has 1 rings (SSSR count). The summed E-state index contributed by atoms with van der Waals surface area (Å²) < 4.78 is 37.1. The Hall–Kier alpha value is -1.31. The molecule has 0 spiro atoms. The molecule has 3 N–H and O–H groups in total. The summed E-state index contributed by atoms with van der Waals surface area (Å²) in [7, 11) is 0. The lowest BCUT2D eigenvalue weighted by Crippen LogP contribution is -2.53. The summed E-state index contributed by atoms with van der Waals surface area (Å²) in [6.45, 7) is -0.140. The molecule has 1 atom stereocenters. The number of nitrogens with zero attached hydrogens (tertiary/aromatic N) is 1. The van der Waals surface area contributed by atoms with Crippen LogP contribution in [0.3, 0.4) is 0 Å². The predicted molar refractivity (Wildman–Crippen MR) is 57.5 cm³/mol. The predicted octanol–water partition coefficient (Wildman–Crippen LogP) is 0.00470. The van der Waals surface area contributed by atoms with Crippen LogP contribution in [0.2, 0.25) is 0 Å².